The van der Waals surface area contributed by atoms with Gasteiger partial charge in [0.2, 0.25) is 0 Å². The van der Waals surface area contributed by atoms with E-state index in [9.17, 15) is 0 Å². The fraction of sp³-hybridized carbons (Fsp3) is 0.714. The third-order valence-electron chi connectivity index (χ3n) is 4.45. The lowest BCUT2D eigenvalue weighted by Crippen LogP contribution is -2.26. The van der Waals surface area contributed by atoms with Crippen molar-refractivity contribution in [3.63, 3.8) is 0 Å². The van der Waals surface area contributed by atoms with Gasteiger partial charge in [-0.15, -0.1) is 0 Å². The molecule has 0 heterocycles. The van der Waals surface area contributed by atoms with Gasteiger partial charge in [-0.3, -0.25) is 0 Å². The van der Waals surface area contributed by atoms with Crippen LogP contribution in [0.4, 0.5) is 0 Å². The molecular weight excluding hydrogens is 168 g/mol. The van der Waals surface area contributed by atoms with Crippen LogP contribution in [0.1, 0.15) is 58.3 Å². The highest BCUT2D eigenvalue weighted by atomic mass is 14.4. The van der Waals surface area contributed by atoms with Gasteiger partial charge < -0.3 is 0 Å². The average Bonchev–Trinajstić information content (AvgIpc) is 3.00. The standard InChI is InChI=1S/C14H20/c1-14-8-3-2-4-13(14)10-12(7-9-14)11-5-6-11/h10H,2-9H2,1H3. The topological polar surface area (TPSA) is 0 Å². The zero-order valence-electron chi connectivity index (χ0n) is 9.23. The van der Waals surface area contributed by atoms with Gasteiger partial charge in [0, 0.05) is 0 Å². The Bertz CT molecular complexity index is 313. The Morgan fingerprint density at radius 3 is 2.64 bits per heavy atom. The minimum atomic E-state index is 0.594. The molecule has 0 saturated heterocycles. The molecule has 3 rings (SSSR count). The van der Waals surface area contributed by atoms with E-state index >= 15 is 0 Å². The maximum absolute atomic E-state index is 2.57. The van der Waals surface area contributed by atoms with Crippen molar-refractivity contribution >= 4 is 0 Å². The Kier molecular flexibility index (Phi) is 1.87. The van der Waals surface area contributed by atoms with Crippen molar-refractivity contribution in [3.05, 3.63) is 22.8 Å². The van der Waals surface area contributed by atoms with E-state index in [2.05, 4.69) is 13.0 Å². The van der Waals surface area contributed by atoms with Crippen LogP contribution in [0.5, 0.6) is 0 Å². The maximum Gasteiger partial charge on any atom is -0.0110 e. The summed E-state index contributed by atoms with van der Waals surface area (Å²) >= 11 is 0. The second-order valence-corrected chi connectivity index (χ2v) is 5.57. The lowest BCUT2D eigenvalue weighted by molar-refractivity contribution is 0.274. The van der Waals surface area contributed by atoms with Gasteiger partial charge in [-0.25, -0.2) is 0 Å². The van der Waals surface area contributed by atoms with Crippen LogP contribution in [0.15, 0.2) is 22.8 Å². The molecule has 0 aromatic rings. The van der Waals surface area contributed by atoms with Crippen LogP contribution in [-0.4, -0.2) is 0 Å². The summed E-state index contributed by atoms with van der Waals surface area (Å²) in [4.78, 5) is 0. The van der Waals surface area contributed by atoms with Gasteiger partial charge in [-0.1, -0.05) is 30.6 Å². The first-order valence-corrected chi connectivity index (χ1v) is 6.20. The first-order chi connectivity index (χ1) is 6.78. The summed E-state index contributed by atoms with van der Waals surface area (Å²) in [6.45, 7) is 2.49. The molecule has 1 unspecified atom stereocenters. The van der Waals surface area contributed by atoms with Crippen molar-refractivity contribution in [3.8, 4) is 0 Å². The molecule has 1 atom stereocenters. The van der Waals surface area contributed by atoms with E-state index in [1.165, 1.54) is 51.4 Å². The van der Waals surface area contributed by atoms with E-state index < -0.39 is 0 Å². The SMILES string of the molecule is CC12CCCCC1=CC(=C1CC1)CC2. The van der Waals surface area contributed by atoms with Crippen molar-refractivity contribution in [1.82, 2.24) is 0 Å². The molecule has 3 aliphatic carbocycles. The van der Waals surface area contributed by atoms with Gasteiger partial charge in [0.1, 0.15) is 0 Å². The van der Waals surface area contributed by atoms with Crippen LogP contribution in [0.3, 0.4) is 0 Å². The number of hydrogen-bond donors (Lipinski definition) is 0. The quantitative estimate of drug-likeness (QED) is 0.529. The summed E-state index contributed by atoms with van der Waals surface area (Å²) in [6, 6.07) is 0. The molecule has 0 aliphatic heterocycles. The van der Waals surface area contributed by atoms with Crippen molar-refractivity contribution in [2.75, 3.05) is 0 Å². The second kappa shape index (κ2) is 2.98. The molecule has 0 N–H and O–H groups in total. The molecule has 0 nitrogen and oxygen atoms in total. The van der Waals surface area contributed by atoms with Crippen LogP contribution in [0.25, 0.3) is 0 Å². The Morgan fingerprint density at radius 1 is 1.00 bits per heavy atom. The van der Waals surface area contributed by atoms with Crippen molar-refractivity contribution < 1.29 is 0 Å². The van der Waals surface area contributed by atoms with Crippen LogP contribution < -0.4 is 0 Å². The van der Waals surface area contributed by atoms with E-state index in [4.69, 9.17) is 0 Å². The lowest BCUT2D eigenvalue weighted by Gasteiger charge is -2.40. The minimum Gasteiger partial charge on any atom is -0.0664 e. The van der Waals surface area contributed by atoms with Gasteiger partial charge in [-0.05, 0) is 55.9 Å². The normalized spacial score (nSPS) is 36.5. The molecule has 0 amide bonds. The predicted molar refractivity (Wildman–Crippen MR) is 60.2 cm³/mol. The summed E-state index contributed by atoms with van der Waals surface area (Å²) in [5.41, 5.74) is 5.87. The molecule has 3 aliphatic rings. The zero-order chi connectivity index (χ0) is 9.60. The van der Waals surface area contributed by atoms with E-state index in [1.54, 1.807) is 16.7 Å². The Hall–Kier alpha value is -0.520. The van der Waals surface area contributed by atoms with Gasteiger partial charge in [0.05, 0.1) is 0 Å². The first kappa shape index (κ1) is 8.76. The highest BCUT2D eigenvalue weighted by Gasteiger charge is 2.35. The molecule has 0 aromatic carbocycles. The molecule has 0 spiro atoms. The van der Waals surface area contributed by atoms with Crippen molar-refractivity contribution in [1.29, 1.82) is 0 Å². The summed E-state index contributed by atoms with van der Waals surface area (Å²) in [6.07, 6.45) is 13.9. The summed E-state index contributed by atoms with van der Waals surface area (Å²) in [7, 11) is 0. The monoisotopic (exact) mass is 188 g/mol. The first-order valence-electron chi connectivity index (χ1n) is 6.20. The van der Waals surface area contributed by atoms with Crippen molar-refractivity contribution in [2.45, 2.75) is 58.3 Å². The molecule has 76 valence electrons. The van der Waals surface area contributed by atoms with E-state index in [1.807, 2.05) is 0 Å². The van der Waals surface area contributed by atoms with E-state index in [-0.39, 0.29) is 0 Å². The van der Waals surface area contributed by atoms with Crippen molar-refractivity contribution in [2.24, 2.45) is 5.41 Å². The van der Waals surface area contributed by atoms with Gasteiger partial charge in [0.25, 0.3) is 0 Å². The van der Waals surface area contributed by atoms with Gasteiger partial charge in [0.15, 0.2) is 0 Å². The Labute approximate surface area is 87.1 Å². The molecule has 14 heavy (non-hydrogen) atoms. The predicted octanol–water partition coefficient (Wildman–Crippen LogP) is 4.38. The number of hydrogen-bond acceptors (Lipinski definition) is 0. The number of fused-ring (bicyclic) bond motifs is 1. The second-order valence-electron chi connectivity index (χ2n) is 5.57. The highest BCUT2D eigenvalue weighted by Crippen LogP contribution is 2.50. The molecule has 0 heteroatoms. The largest absolute Gasteiger partial charge is 0.0664 e. The van der Waals surface area contributed by atoms with Crippen LogP contribution in [0, 0.1) is 5.41 Å². The van der Waals surface area contributed by atoms with Gasteiger partial charge >= 0.3 is 0 Å². The number of rotatable bonds is 0. The maximum atomic E-state index is 2.57. The third kappa shape index (κ3) is 1.36. The summed E-state index contributed by atoms with van der Waals surface area (Å²) < 4.78 is 0. The summed E-state index contributed by atoms with van der Waals surface area (Å²) in [5, 5.41) is 0. The van der Waals surface area contributed by atoms with Gasteiger partial charge in [-0.2, -0.15) is 0 Å². The Balaban J connectivity index is 1.95. The third-order valence-corrected chi connectivity index (χ3v) is 4.45. The van der Waals surface area contributed by atoms with E-state index in [0.717, 1.165) is 0 Å². The molecule has 2 saturated carbocycles. The molecule has 0 aromatic heterocycles. The van der Waals surface area contributed by atoms with E-state index in [0.29, 0.717) is 5.41 Å². The average molecular weight is 188 g/mol. The molecular formula is C14H20. The van der Waals surface area contributed by atoms with Crippen LogP contribution in [0.2, 0.25) is 0 Å². The molecule has 0 bridgehead atoms. The molecule has 2 fully saturated rings. The van der Waals surface area contributed by atoms with Crippen LogP contribution >= 0.6 is 0 Å². The highest BCUT2D eigenvalue weighted by molar-refractivity contribution is 5.40. The minimum absolute atomic E-state index is 0.594. The summed E-state index contributed by atoms with van der Waals surface area (Å²) in [5.74, 6) is 0. The Morgan fingerprint density at radius 2 is 1.86 bits per heavy atom. The molecule has 0 radical (unpaired) electrons. The zero-order valence-corrected chi connectivity index (χ0v) is 9.23. The number of allylic oxidation sites excluding steroid dienone is 4. The lowest BCUT2D eigenvalue weighted by atomic mass is 9.65. The smallest absolute Gasteiger partial charge is 0.0110 e. The fourth-order valence-corrected chi connectivity index (χ4v) is 3.18. The fourth-order valence-electron chi connectivity index (χ4n) is 3.18. The van der Waals surface area contributed by atoms with Crippen LogP contribution in [-0.2, 0) is 0 Å².